The third-order valence-electron chi connectivity index (χ3n) is 3.22. The van der Waals surface area contributed by atoms with Gasteiger partial charge < -0.3 is 15.2 Å². The van der Waals surface area contributed by atoms with Crippen molar-refractivity contribution in [2.75, 3.05) is 13.7 Å². The van der Waals surface area contributed by atoms with E-state index in [1.54, 1.807) is 35.2 Å². The minimum Gasteiger partial charge on any atom is -0.466 e. The largest absolute Gasteiger partial charge is 0.466 e. The van der Waals surface area contributed by atoms with Gasteiger partial charge in [-0.2, -0.15) is 4.58 Å². The number of hydrogen-bond acceptors (Lipinski definition) is 5. The molecule has 0 saturated carbocycles. The summed E-state index contributed by atoms with van der Waals surface area (Å²) >= 11 is 0. The topological polar surface area (TPSA) is 81.6 Å². The number of nitrogens with zero attached hydrogens (tertiary/aromatic N) is 1. The van der Waals surface area contributed by atoms with Crippen LogP contribution >= 0.6 is 0 Å². The fraction of sp³-hybridized carbons (Fsp3) is 0.312. The van der Waals surface area contributed by atoms with Gasteiger partial charge in [0.05, 0.1) is 7.11 Å². The minimum atomic E-state index is -1.07. The van der Waals surface area contributed by atoms with Gasteiger partial charge in [0.2, 0.25) is 12.6 Å². The van der Waals surface area contributed by atoms with Crippen LogP contribution in [0.25, 0.3) is 0 Å². The number of esters is 2. The second kappa shape index (κ2) is 7.00. The van der Waals surface area contributed by atoms with Gasteiger partial charge in [0.15, 0.2) is 12.4 Å². The lowest BCUT2D eigenvalue weighted by Crippen LogP contribution is -2.27. The smallest absolute Gasteiger partial charge is 0.373 e. The summed E-state index contributed by atoms with van der Waals surface area (Å²) in [6.45, 7) is 1.92. The molecule has 22 heavy (non-hydrogen) atoms. The maximum atomic E-state index is 12.0. The van der Waals surface area contributed by atoms with Crippen LogP contribution in [0.15, 0.2) is 36.5 Å². The molecule has 1 aliphatic heterocycles. The third-order valence-corrected chi connectivity index (χ3v) is 3.22. The van der Waals surface area contributed by atoms with Crippen LogP contribution in [0.2, 0.25) is 0 Å². The number of nitrogens with two attached hydrogens (primary N) is 1. The van der Waals surface area contributed by atoms with E-state index in [4.69, 9.17) is 15.2 Å². The van der Waals surface area contributed by atoms with Crippen molar-refractivity contribution in [3.63, 3.8) is 0 Å². The minimum absolute atomic E-state index is 0.0104. The highest BCUT2D eigenvalue weighted by Gasteiger charge is 2.28. The van der Waals surface area contributed by atoms with Gasteiger partial charge in [-0.3, -0.25) is 0 Å². The van der Waals surface area contributed by atoms with Crippen LogP contribution in [0.1, 0.15) is 17.2 Å². The Hall–Kier alpha value is -2.47. The Morgan fingerprint density at radius 1 is 1.32 bits per heavy atom. The zero-order chi connectivity index (χ0) is 16.1. The van der Waals surface area contributed by atoms with Gasteiger partial charge >= 0.3 is 11.9 Å². The highest BCUT2D eigenvalue weighted by atomic mass is 16.6. The number of carbonyl (C=O) groups excluding carboxylic acids is 2. The van der Waals surface area contributed by atoms with Crippen LogP contribution in [-0.4, -0.2) is 42.4 Å². The SMILES string of the molecule is COC(=O)C(OC(=O)C[N+]1=CC(N)C=C1)c1ccc(C)cc1. The molecule has 6 nitrogen and oxygen atoms in total. The van der Waals surface area contributed by atoms with Crippen LogP contribution < -0.4 is 5.73 Å². The van der Waals surface area contributed by atoms with Crippen molar-refractivity contribution in [2.24, 2.45) is 5.73 Å². The van der Waals surface area contributed by atoms with E-state index in [1.807, 2.05) is 19.1 Å². The molecule has 1 aromatic rings. The van der Waals surface area contributed by atoms with E-state index in [2.05, 4.69) is 0 Å². The average Bonchev–Trinajstić information content (AvgIpc) is 2.90. The summed E-state index contributed by atoms with van der Waals surface area (Å²) in [5, 5.41) is 0. The Bertz CT molecular complexity index is 620. The summed E-state index contributed by atoms with van der Waals surface area (Å²) in [5.41, 5.74) is 7.29. The molecule has 1 aliphatic rings. The first-order chi connectivity index (χ1) is 10.5. The zero-order valence-electron chi connectivity index (χ0n) is 12.6. The number of aryl methyl sites for hydroxylation is 1. The summed E-state index contributed by atoms with van der Waals surface area (Å²) in [4.78, 5) is 23.9. The molecule has 2 unspecified atom stereocenters. The highest BCUT2D eigenvalue weighted by Crippen LogP contribution is 2.20. The van der Waals surface area contributed by atoms with Gasteiger partial charge in [-0.25, -0.2) is 9.59 Å². The van der Waals surface area contributed by atoms with E-state index < -0.39 is 18.0 Å². The fourth-order valence-electron chi connectivity index (χ4n) is 2.05. The Morgan fingerprint density at radius 3 is 2.55 bits per heavy atom. The first kappa shape index (κ1) is 15.9. The van der Waals surface area contributed by atoms with Crippen molar-refractivity contribution in [3.8, 4) is 0 Å². The zero-order valence-corrected chi connectivity index (χ0v) is 12.6. The Kier molecular flexibility index (Phi) is 5.06. The number of hydrogen-bond donors (Lipinski definition) is 1. The first-order valence-electron chi connectivity index (χ1n) is 6.88. The molecule has 0 aliphatic carbocycles. The van der Waals surface area contributed by atoms with Crippen LogP contribution in [0.4, 0.5) is 0 Å². The molecular weight excluding hydrogens is 284 g/mol. The number of rotatable bonds is 5. The fourth-order valence-corrected chi connectivity index (χ4v) is 2.05. The van der Waals surface area contributed by atoms with Crippen molar-refractivity contribution in [1.82, 2.24) is 0 Å². The molecule has 0 spiro atoms. The van der Waals surface area contributed by atoms with Crippen LogP contribution in [0, 0.1) is 6.92 Å². The van der Waals surface area contributed by atoms with Gasteiger partial charge in [0, 0.05) is 11.6 Å². The van der Waals surface area contributed by atoms with Crippen LogP contribution in [0.5, 0.6) is 0 Å². The van der Waals surface area contributed by atoms with Crippen LogP contribution in [-0.2, 0) is 19.1 Å². The Balaban J connectivity index is 2.08. The molecule has 0 fully saturated rings. The van der Waals surface area contributed by atoms with Crippen LogP contribution in [0.3, 0.4) is 0 Å². The standard InChI is InChI=1S/C16H19N2O4/c1-11-3-5-12(6-4-11)15(16(20)21-2)22-14(19)10-18-8-7-13(17)9-18/h3-9,13,15H,10,17H2,1-2H3/q+1. The number of carbonyl (C=O) groups is 2. The van der Waals surface area contributed by atoms with Gasteiger partial charge in [0.1, 0.15) is 6.04 Å². The van der Waals surface area contributed by atoms with E-state index in [0.717, 1.165) is 5.56 Å². The summed E-state index contributed by atoms with van der Waals surface area (Å²) in [5.74, 6) is -1.15. The Labute approximate surface area is 128 Å². The van der Waals surface area contributed by atoms with Gasteiger partial charge in [0.25, 0.3) is 0 Å². The lowest BCUT2D eigenvalue weighted by molar-refractivity contribution is -0.440. The molecule has 0 amide bonds. The number of methoxy groups -OCH3 is 1. The maximum Gasteiger partial charge on any atom is 0.373 e. The van der Waals surface area contributed by atoms with Crippen molar-refractivity contribution in [2.45, 2.75) is 19.1 Å². The molecule has 0 aromatic heterocycles. The van der Waals surface area contributed by atoms with Gasteiger partial charge in [-0.15, -0.1) is 0 Å². The molecule has 0 bridgehead atoms. The molecule has 0 saturated heterocycles. The van der Waals surface area contributed by atoms with E-state index >= 15 is 0 Å². The highest BCUT2D eigenvalue weighted by molar-refractivity contribution is 5.81. The normalized spacial score (nSPS) is 17.8. The number of ether oxygens (including phenoxy) is 2. The molecule has 6 heteroatoms. The third kappa shape index (κ3) is 4.02. The molecule has 0 radical (unpaired) electrons. The predicted octanol–water partition coefficient (Wildman–Crippen LogP) is 0.690. The molecule has 116 valence electrons. The predicted molar refractivity (Wildman–Crippen MR) is 80.3 cm³/mol. The molecule has 2 rings (SSSR count). The summed E-state index contributed by atoms with van der Waals surface area (Å²) < 4.78 is 11.6. The van der Waals surface area contributed by atoms with Crippen molar-refractivity contribution in [1.29, 1.82) is 0 Å². The van der Waals surface area contributed by atoms with Gasteiger partial charge in [-0.1, -0.05) is 29.8 Å². The Morgan fingerprint density at radius 2 is 2.00 bits per heavy atom. The van der Waals surface area contributed by atoms with E-state index in [9.17, 15) is 9.59 Å². The van der Waals surface area contributed by atoms with Crippen molar-refractivity contribution >= 4 is 18.2 Å². The average molecular weight is 303 g/mol. The van der Waals surface area contributed by atoms with E-state index in [-0.39, 0.29) is 12.6 Å². The van der Waals surface area contributed by atoms with Gasteiger partial charge in [-0.05, 0) is 6.92 Å². The summed E-state index contributed by atoms with van der Waals surface area (Å²) in [6, 6.07) is 6.95. The maximum absolute atomic E-state index is 12.0. The lowest BCUT2D eigenvalue weighted by Gasteiger charge is -2.15. The second-order valence-corrected chi connectivity index (χ2v) is 5.04. The number of benzene rings is 1. The van der Waals surface area contributed by atoms with Crippen molar-refractivity contribution in [3.05, 3.63) is 47.7 Å². The molecule has 1 heterocycles. The molecule has 1 aromatic carbocycles. The van der Waals surface area contributed by atoms with Crippen molar-refractivity contribution < 1.29 is 23.6 Å². The summed E-state index contributed by atoms with van der Waals surface area (Å²) in [6.07, 6.45) is 4.08. The molecular formula is C16H19N2O4+. The summed E-state index contributed by atoms with van der Waals surface area (Å²) in [7, 11) is 1.26. The molecule has 2 atom stereocenters. The molecule has 2 N–H and O–H groups in total. The monoisotopic (exact) mass is 303 g/mol. The second-order valence-electron chi connectivity index (χ2n) is 5.04. The first-order valence-corrected chi connectivity index (χ1v) is 6.88. The van der Waals surface area contributed by atoms with E-state index in [1.165, 1.54) is 7.11 Å². The quantitative estimate of drug-likeness (QED) is 0.639. The van der Waals surface area contributed by atoms with E-state index in [0.29, 0.717) is 5.56 Å². The lowest BCUT2D eigenvalue weighted by atomic mass is 10.1.